The van der Waals surface area contributed by atoms with Gasteiger partial charge < -0.3 is 34.4 Å². The van der Waals surface area contributed by atoms with E-state index in [2.05, 4.69) is 5.32 Å². The standard InChI is InChI=1S/C37H43N3O8/c1-22(2)27(21-41)40-33-35(44)39(25-15-17-26(46-4)18-16-25)20-10-19-37(33)31(34(40)43)30-28(48-37)13-8-9-14-29(42)38-23(3)32(47-36(30)45)24-11-6-5-7-12-24/h5-8,10-13,15-19,22-23,27-28,30-33,41H,9,14,20-21H2,1-4H3,(H,38,42)/b13-8-/t23-,27+,28-,30+,31+,32+,33-,37+/m1/s1. The number of nitrogens with zero attached hydrogens (tertiary/aromatic N) is 2. The second-order valence-electron chi connectivity index (χ2n) is 13.2. The average Bonchev–Trinajstić information content (AvgIpc) is 3.46. The van der Waals surface area contributed by atoms with E-state index in [0.717, 1.165) is 0 Å². The van der Waals surface area contributed by atoms with Gasteiger partial charge in [0.15, 0.2) is 0 Å². The highest BCUT2D eigenvalue weighted by molar-refractivity contribution is 6.05. The number of allylic oxidation sites excluding steroid dienone is 1. The van der Waals surface area contributed by atoms with Crippen molar-refractivity contribution < 1.29 is 38.5 Å². The summed E-state index contributed by atoms with van der Waals surface area (Å²) in [5.74, 6) is -3.50. The van der Waals surface area contributed by atoms with E-state index in [1.165, 1.54) is 4.90 Å². The van der Waals surface area contributed by atoms with Crippen LogP contribution in [-0.4, -0.2) is 83.8 Å². The highest BCUT2D eigenvalue weighted by Crippen LogP contribution is 2.54. The molecule has 0 aliphatic carbocycles. The number of esters is 1. The molecule has 2 aromatic rings. The molecule has 2 aromatic carbocycles. The van der Waals surface area contributed by atoms with Gasteiger partial charge in [-0.15, -0.1) is 0 Å². The number of likely N-dealkylation sites (tertiary alicyclic amines) is 1. The Hall–Kier alpha value is -4.48. The largest absolute Gasteiger partial charge is 0.497 e. The first-order valence-corrected chi connectivity index (χ1v) is 16.6. The summed E-state index contributed by atoms with van der Waals surface area (Å²) in [5.41, 5.74) is -0.240. The van der Waals surface area contributed by atoms with Crippen LogP contribution in [0.1, 0.15) is 45.3 Å². The number of carbonyl (C=O) groups is 4. The maximum atomic E-state index is 14.8. The molecule has 0 unspecified atom stereocenters. The lowest BCUT2D eigenvalue weighted by Gasteiger charge is -2.39. The highest BCUT2D eigenvalue weighted by atomic mass is 16.6. The number of aliphatic hydroxyl groups is 1. The third-order valence-corrected chi connectivity index (χ3v) is 9.98. The number of rotatable bonds is 6. The van der Waals surface area contributed by atoms with Gasteiger partial charge >= 0.3 is 5.97 Å². The van der Waals surface area contributed by atoms with Gasteiger partial charge in [0.05, 0.1) is 37.8 Å². The van der Waals surface area contributed by atoms with E-state index in [4.69, 9.17) is 14.2 Å². The van der Waals surface area contributed by atoms with Crippen LogP contribution in [0.3, 0.4) is 0 Å². The maximum Gasteiger partial charge on any atom is 0.313 e. The van der Waals surface area contributed by atoms with Gasteiger partial charge in [0.2, 0.25) is 11.8 Å². The first-order chi connectivity index (χ1) is 23.1. The fourth-order valence-corrected chi connectivity index (χ4v) is 7.62. The fourth-order valence-electron chi connectivity index (χ4n) is 7.62. The number of cyclic esters (lactones) is 1. The molecule has 1 spiro atoms. The Kier molecular flexibility index (Phi) is 9.44. The minimum atomic E-state index is -1.53. The van der Waals surface area contributed by atoms with Crippen LogP contribution < -0.4 is 15.0 Å². The predicted molar refractivity (Wildman–Crippen MR) is 177 cm³/mol. The minimum absolute atomic E-state index is 0.186. The Morgan fingerprint density at radius 1 is 1.02 bits per heavy atom. The summed E-state index contributed by atoms with van der Waals surface area (Å²) in [6, 6.07) is 13.8. The number of carbonyl (C=O) groups excluding carboxylic acids is 4. The summed E-state index contributed by atoms with van der Waals surface area (Å²) in [6.07, 6.45) is 5.87. The van der Waals surface area contributed by atoms with Crippen LogP contribution in [0.25, 0.3) is 0 Å². The summed E-state index contributed by atoms with van der Waals surface area (Å²) in [4.78, 5) is 59.9. The third kappa shape index (κ3) is 5.79. The van der Waals surface area contributed by atoms with Gasteiger partial charge in [-0.1, -0.05) is 68.5 Å². The summed E-state index contributed by atoms with van der Waals surface area (Å²) in [7, 11) is 1.56. The van der Waals surface area contributed by atoms with E-state index in [0.29, 0.717) is 23.4 Å². The third-order valence-electron chi connectivity index (χ3n) is 9.98. The Bertz CT molecular complexity index is 1590. The van der Waals surface area contributed by atoms with Crippen molar-refractivity contribution in [2.24, 2.45) is 17.8 Å². The van der Waals surface area contributed by atoms with E-state index >= 15 is 0 Å². The number of aliphatic hydroxyl groups excluding tert-OH is 1. The molecule has 4 aliphatic heterocycles. The van der Waals surface area contributed by atoms with E-state index < -0.39 is 59.6 Å². The fraction of sp³-hybridized carbons (Fsp3) is 0.459. The minimum Gasteiger partial charge on any atom is -0.497 e. The molecular weight excluding hydrogens is 614 g/mol. The average molecular weight is 658 g/mol. The lowest BCUT2D eigenvalue weighted by Crippen LogP contribution is -2.59. The van der Waals surface area contributed by atoms with Crippen LogP contribution in [-0.2, 0) is 28.7 Å². The van der Waals surface area contributed by atoms with E-state index in [1.807, 2.05) is 44.2 Å². The number of benzene rings is 2. The van der Waals surface area contributed by atoms with Gasteiger partial charge in [-0.2, -0.15) is 0 Å². The molecule has 2 saturated heterocycles. The normalized spacial score (nSPS) is 31.9. The highest BCUT2D eigenvalue weighted by Gasteiger charge is 2.72. The molecule has 0 saturated carbocycles. The summed E-state index contributed by atoms with van der Waals surface area (Å²) in [5, 5.41) is 13.6. The van der Waals surface area contributed by atoms with Crippen LogP contribution in [0.15, 0.2) is 78.9 Å². The molecule has 2 N–H and O–H groups in total. The summed E-state index contributed by atoms with van der Waals surface area (Å²) < 4.78 is 18.4. The Balaban J connectivity index is 1.46. The molecule has 4 aliphatic rings. The lowest BCUT2D eigenvalue weighted by atomic mass is 9.77. The Morgan fingerprint density at radius 3 is 2.42 bits per heavy atom. The van der Waals surface area contributed by atoms with Gasteiger partial charge in [0, 0.05) is 18.7 Å². The first kappa shape index (κ1) is 33.4. The number of methoxy groups -OCH3 is 1. The molecule has 0 radical (unpaired) electrons. The monoisotopic (exact) mass is 657 g/mol. The quantitative estimate of drug-likeness (QED) is 0.357. The number of hydrogen-bond donors (Lipinski definition) is 2. The van der Waals surface area contributed by atoms with Crippen molar-refractivity contribution in [2.75, 3.05) is 25.2 Å². The van der Waals surface area contributed by atoms with Crippen LogP contribution in [0.2, 0.25) is 0 Å². The van der Waals surface area contributed by atoms with Crippen molar-refractivity contribution in [2.45, 2.75) is 69.5 Å². The first-order valence-electron chi connectivity index (χ1n) is 16.6. The van der Waals surface area contributed by atoms with Crippen LogP contribution >= 0.6 is 0 Å². The molecule has 3 amide bonds. The number of nitrogens with one attached hydrogen (secondary N) is 1. The summed E-state index contributed by atoms with van der Waals surface area (Å²) >= 11 is 0. The molecule has 11 nitrogen and oxygen atoms in total. The molecular formula is C37H43N3O8. The maximum absolute atomic E-state index is 14.8. The van der Waals surface area contributed by atoms with Crippen molar-refractivity contribution in [3.8, 4) is 5.75 Å². The van der Waals surface area contributed by atoms with Gasteiger partial charge in [-0.05, 0) is 49.1 Å². The Morgan fingerprint density at radius 2 is 1.75 bits per heavy atom. The van der Waals surface area contributed by atoms with Crippen molar-refractivity contribution in [3.63, 3.8) is 0 Å². The number of anilines is 1. The van der Waals surface area contributed by atoms with Crippen LogP contribution in [0, 0.1) is 17.8 Å². The van der Waals surface area contributed by atoms with Gasteiger partial charge in [-0.3, -0.25) is 19.2 Å². The van der Waals surface area contributed by atoms with Crippen molar-refractivity contribution in [3.05, 3.63) is 84.5 Å². The molecule has 254 valence electrons. The topological polar surface area (TPSA) is 135 Å². The Labute approximate surface area is 280 Å². The predicted octanol–water partition coefficient (Wildman–Crippen LogP) is 3.33. The van der Waals surface area contributed by atoms with E-state index in [9.17, 15) is 24.3 Å². The van der Waals surface area contributed by atoms with Crippen LogP contribution in [0.5, 0.6) is 5.75 Å². The van der Waals surface area contributed by atoms with E-state index in [1.54, 1.807) is 67.5 Å². The lowest BCUT2D eigenvalue weighted by molar-refractivity contribution is -0.162. The van der Waals surface area contributed by atoms with Crippen LogP contribution in [0.4, 0.5) is 5.69 Å². The summed E-state index contributed by atoms with van der Waals surface area (Å²) in [6.45, 7) is 5.36. The molecule has 0 aromatic heterocycles. The SMILES string of the molecule is COc1ccc(N2CC=C[C@]34O[C@@H]5/C=C\CCC(=O)N[C@H](C)[C@@H](c6ccccc6)OC(=O)[C@@H]5[C@H]3C(=O)N([C@@H](CO)C(C)C)[C@@H]4C2=O)cc1. The zero-order chi connectivity index (χ0) is 34.2. The van der Waals surface area contributed by atoms with Crippen molar-refractivity contribution >= 4 is 29.4 Å². The molecule has 6 rings (SSSR count). The molecule has 11 heteroatoms. The molecule has 48 heavy (non-hydrogen) atoms. The zero-order valence-corrected chi connectivity index (χ0v) is 27.7. The molecule has 4 heterocycles. The number of ether oxygens (including phenoxy) is 3. The molecule has 2 fully saturated rings. The molecule has 8 atom stereocenters. The van der Waals surface area contributed by atoms with Crippen molar-refractivity contribution in [1.82, 2.24) is 10.2 Å². The number of fused-ring (bicyclic) bond motifs is 2. The second-order valence-corrected chi connectivity index (χ2v) is 13.2. The van der Waals surface area contributed by atoms with E-state index in [-0.39, 0.29) is 37.3 Å². The number of hydrogen-bond acceptors (Lipinski definition) is 8. The second kappa shape index (κ2) is 13.6. The zero-order valence-electron chi connectivity index (χ0n) is 27.7. The van der Waals surface area contributed by atoms with Crippen molar-refractivity contribution in [1.29, 1.82) is 0 Å². The van der Waals surface area contributed by atoms with Gasteiger partial charge in [-0.25, -0.2) is 0 Å². The number of amides is 3. The van der Waals surface area contributed by atoms with Gasteiger partial charge in [0.1, 0.15) is 29.4 Å². The molecule has 0 bridgehead atoms. The smallest absolute Gasteiger partial charge is 0.313 e. The van der Waals surface area contributed by atoms with Gasteiger partial charge in [0.25, 0.3) is 5.91 Å².